The zero-order chi connectivity index (χ0) is 19.1. The molecule has 0 fully saturated rings. The normalized spacial score (nSPS) is 11.7. The van der Waals surface area contributed by atoms with Crippen molar-refractivity contribution >= 4 is 0 Å². The Morgan fingerprint density at radius 1 is 0.462 bits per heavy atom. The first kappa shape index (κ1) is 18.5. The van der Waals surface area contributed by atoms with E-state index in [1.165, 1.54) is 50.1 Å². The maximum absolute atomic E-state index is 2.36. The summed E-state index contributed by atoms with van der Waals surface area (Å²) in [5.41, 5.74) is 12.1. The Balaban J connectivity index is 2.21. The van der Waals surface area contributed by atoms with E-state index >= 15 is 0 Å². The third-order valence-corrected chi connectivity index (χ3v) is 5.48. The topological polar surface area (TPSA) is 0 Å². The first-order valence-corrected chi connectivity index (χ1v) is 9.46. The van der Waals surface area contributed by atoms with Crippen LogP contribution in [0.2, 0.25) is 0 Å². The Labute approximate surface area is 158 Å². The van der Waals surface area contributed by atoms with E-state index in [9.17, 15) is 0 Å². The molecular weight excluding hydrogens is 312 g/mol. The maximum atomic E-state index is 2.36. The van der Waals surface area contributed by atoms with Crippen LogP contribution in [0.25, 0.3) is 22.3 Å². The molecule has 0 atom stereocenters. The zero-order valence-corrected chi connectivity index (χ0v) is 17.2. The van der Waals surface area contributed by atoms with Gasteiger partial charge in [-0.15, -0.1) is 0 Å². The molecule has 0 N–H and O–H groups in total. The molecule has 0 aliphatic rings. The van der Waals surface area contributed by atoms with Gasteiger partial charge in [-0.05, 0) is 89.2 Å². The van der Waals surface area contributed by atoms with Crippen molar-refractivity contribution in [1.29, 1.82) is 0 Å². The van der Waals surface area contributed by atoms with E-state index in [-0.39, 0.29) is 5.41 Å². The Bertz CT molecular complexity index is 883. The number of benzene rings is 3. The van der Waals surface area contributed by atoms with Crippen molar-refractivity contribution in [2.75, 3.05) is 0 Å². The van der Waals surface area contributed by atoms with Crippen molar-refractivity contribution in [3.8, 4) is 22.3 Å². The second-order valence-electron chi connectivity index (χ2n) is 8.65. The molecule has 134 valence electrons. The lowest BCUT2D eigenvalue weighted by molar-refractivity contribution is 0.590. The van der Waals surface area contributed by atoms with E-state index < -0.39 is 0 Å². The van der Waals surface area contributed by atoms with Crippen LogP contribution < -0.4 is 0 Å². The van der Waals surface area contributed by atoms with Crippen LogP contribution in [0.1, 0.15) is 48.6 Å². The highest BCUT2D eigenvalue weighted by Gasteiger charge is 2.17. The average Bonchev–Trinajstić information content (AvgIpc) is 2.58. The lowest BCUT2D eigenvalue weighted by Crippen LogP contribution is -2.11. The molecule has 0 heterocycles. The van der Waals surface area contributed by atoms with Crippen LogP contribution in [0.5, 0.6) is 0 Å². The summed E-state index contributed by atoms with van der Waals surface area (Å²) in [6, 6.07) is 20.6. The van der Waals surface area contributed by atoms with Gasteiger partial charge in [-0.1, -0.05) is 69.3 Å². The van der Waals surface area contributed by atoms with Crippen molar-refractivity contribution in [2.24, 2.45) is 0 Å². The van der Waals surface area contributed by atoms with Crippen LogP contribution in [0.4, 0.5) is 0 Å². The first-order valence-electron chi connectivity index (χ1n) is 9.46. The van der Waals surface area contributed by atoms with Gasteiger partial charge in [0.15, 0.2) is 0 Å². The molecule has 0 nitrogen and oxygen atoms in total. The molecule has 3 rings (SSSR count). The minimum Gasteiger partial charge on any atom is -0.0584 e. The molecule has 0 heteroatoms. The minimum absolute atomic E-state index is 0.115. The summed E-state index contributed by atoms with van der Waals surface area (Å²) in [6.07, 6.45) is 0. The summed E-state index contributed by atoms with van der Waals surface area (Å²) < 4.78 is 0. The molecule has 0 aliphatic heterocycles. The summed E-state index contributed by atoms with van der Waals surface area (Å²) in [7, 11) is 0. The Morgan fingerprint density at radius 2 is 0.885 bits per heavy atom. The molecule has 3 aromatic rings. The summed E-state index contributed by atoms with van der Waals surface area (Å²) in [6.45, 7) is 15.6. The van der Waals surface area contributed by atoms with Gasteiger partial charge in [0.05, 0.1) is 0 Å². The summed E-state index contributed by atoms with van der Waals surface area (Å²) >= 11 is 0. The van der Waals surface area contributed by atoms with Gasteiger partial charge in [-0.2, -0.15) is 0 Å². The lowest BCUT2D eigenvalue weighted by Gasteiger charge is -2.22. The van der Waals surface area contributed by atoms with Crippen LogP contribution >= 0.6 is 0 Å². The van der Waals surface area contributed by atoms with Gasteiger partial charge >= 0.3 is 0 Å². The minimum atomic E-state index is 0.115. The fourth-order valence-corrected chi connectivity index (χ4v) is 3.24. The molecule has 0 unspecified atom stereocenters. The molecule has 3 aromatic carbocycles. The Hall–Kier alpha value is -2.34. The average molecular weight is 343 g/mol. The van der Waals surface area contributed by atoms with Gasteiger partial charge in [0.1, 0.15) is 0 Å². The predicted molar refractivity (Wildman–Crippen MR) is 115 cm³/mol. The fourth-order valence-electron chi connectivity index (χ4n) is 3.24. The molecular formula is C26H30. The van der Waals surface area contributed by atoms with Crippen molar-refractivity contribution in [3.05, 3.63) is 82.4 Å². The second-order valence-corrected chi connectivity index (χ2v) is 8.65. The number of hydrogen-bond acceptors (Lipinski definition) is 0. The van der Waals surface area contributed by atoms with E-state index in [1.807, 2.05) is 0 Å². The SMILES string of the molecule is Cc1ccc(-c2cc(-c3ccc(C)c(C)c3)cc(C(C)(C)C)c2)cc1C. The lowest BCUT2D eigenvalue weighted by atomic mass is 9.83. The van der Waals surface area contributed by atoms with Gasteiger partial charge in [0, 0.05) is 0 Å². The van der Waals surface area contributed by atoms with Crippen LogP contribution in [-0.2, 0) is 5.41 Å². The summed E-state index contributed by atoms with van der Waals surface area (Å²) in [4.78, 5) is 0. The Morgan fingerprint density at radius 3 is 1.23 bits per heavy atom. The smallest absolute Gasteiger partial charge is 0.0131 e. The van der Waals surface area contributed by atoms with E-state index in [0.29, 0.717) is 0 Å². The van der Waals surface area contributed by atoms with Crippen molar-refractivity contribution in [1.82, 2.24) is 0 Å². The molecule has 0 bridgehead atoms. The quantitative estimate of drug-likeness (QED) is 0.451. The highest BCUT2D eigenvalue weighted by atomic mass is 14.2. The van der Waals surface area contributed by atoms with Crippen molar-refractivity contribution in [3.63, 3.8) is 0 Å². The second kappa shape index (κ2) is 6.76. The molecule has 0 aromatic heterocycles. The van der Waals surface area contributed by atoms with Crippen LogP contribution in [0, 0.1) is 27.7 Å². The van der Waals surface area contributed by atoms with E-state index in [1.54, 1.807) is 0 Å². The van der Waals surface area contributed by atoms with E-state index in [4.69, 9.17) is 0 Å². The van der Waals surface area contributed by atoms with Crippen molar-refractivity contribution < 1.29 is 0 Å². The van der Waals surface area contributed by atoms with Gasteiger partial charge in [-0.25, -0.2) is 0 Å². The molecule has 0 spiro atoms. The van der Waals surface area contributed by atoms with E-state index in [2.05, 4.69) is 103 Å². The van der Waals surface area contributed by atoms with Crippen LogP contribution in [-0.4, -0.2) is 0 Å². The highest BCUT2D eigenvalue weighted by molar-refractivity contribution is 5.75. The van der Waals surface area contributed by atoms with Crippen LogP contribution in [0.3, 0.4) is 0 Å². The van der Waals surface area contributed by atoms with Crippen molar-refractivity contribution in [2.45, 2.75) is 53.9 Å². The van der Waals surface area contributed by atoms with Gasteiger partial charge < -0.3 is 0 Å². The maximum Gasteiger partial charge on any atom is -0.0131 e. The van der Waals surface area contributed by atoms with Gasteiger partial charge in [0.25, 0.3) is 0 Å². The number of hydrogen-bond donors (Lipinski definition) is 0. The van der Waals surface area contributed by atoms with Gasteiger partial charge in [-0.3, -0.25) is 0 Å². The molecule has 26 heavy (non-hydrogen) atoms. The number of aryl methyl sites for hydroxylation is 4. The number of rotatable bonds is 2. The zero-order valence-electron chi connectivity index (χ0n) is 17.2. The standard InChI is InChI=1S/C26H30/c1-17-8-10-21(12-19(17)3)23-14-24(16-25(15-23)26(5,6)7)22-11-9-18(2)20(4)13-22/h8-16H,1-7H3. The van der Waals surface area contributed by atoms with Crippen LogP contribution in [0.15, 0.2) is 54.6 Å². The fraction of sp³-hybridized carbons (Fsp3) is 0.308. The molecule has 0 amide bonds. The summed E-state index contributed by atoms with van der Waals surface area (Å²) in [5, 5.41) is 0. The first-order chi connectivity index (χ1) is 12.1. The monoisotopic (exact) mass is 342 g/mol. The largest absolute Gasteiger partial charge is 0.0584 e. The molecule has 0 radical (unpaired) electrons. The third kappa shape index (κ3) is 3.75. The molecule has 0 saturated carbocycles. The Kier molecular flexibility index (Phi) is 4.80. The van der Waals surface area contributed by atoms with Gasteiger partial charge in [0.2, 0.25) is 0 Å². The third-order valence-electron chi connectivity index (χ3n) is 5.48. The summed E-state index contributed by atoms with van der Waals surface area (Å²) in [5.74, 6) is 0. The predicted octanol–water partition coefficient (Wildman–Crippen LogP) is 7.55. The molecule has 0 aliphatic carbocycles. The highest BCUT2D eigenvalue weighted by Crippen LogP contribution is 2.34. The van der Waals surface area contributed by atoms with E-state index in [0.717, 1.165) is 0 Å². The molecule has 0 saturated heterocycles.